The number of hydrogen-bond acceptors (Lipinski definition) is 5. The fraction of sp³-hybridized carbons (Fsp3) is 0.375. The van der Waals surface area contributed by atoms with E-state index >= 15 is 0 Å². The molecule has 2 aromatic rings. The van der Waals surface area contributed by atoms with E-state index in [0.29, 0.717) is 5.69 Å². The van der Waals surface area contributed by atoms with E-state index < -0.39 is 11.7 Å². The SMILES string of the molecule is Cc1ncc(CNc2ccc(NC(=O)OC(C)(C)C)cc2)s1. The predicted molar refractivity (Wildman–Crippen MR) is 90.5 cm³/mol. The van der Waals surface area contributed by atoms with E-state index in [-0.39, 0.29) is 0 Å². The number of nitrogens with one attached hydrogen (secondary N) is 2. The van der Waals surface area contributed by atoms with E-state index in [1.165, 1.54) is 4.88 Å². The number of carbonyl (C=O) groups is 1. The van der Waals surface area contributed by atoms with Crippen molar-refractivity contribution in [2.24, 2.45) is 0 Å². The second-order valence-electron chi connectivity index (χ2n) is 5.90. The molecule has 0 bridgehead atoms. The van der Waals surface area contributed by atoms with Crippen LogP contribution in [-0.4, -0.2) is 16.7 Å². The summed E-state index contributed by atoms with van der Waals surface area (Å²) in [5.74, 6) is 0. The zero-order valence-electron chi connectivity index (χ0n) is 13.3. The highest BCUT2D eigenvalue weighted by molar-refractivity contribution is 7.11. The van der Waals surface area contributed by atoms with Crippen LogP contribution in [0.5, 0.6) is 0 Å². The second-order valence-corrected chi connectivity index (χ2v) is 7.22. The number of thiazole rings is 1. The summed E-state index contributed by atoms with van der Waals surface area (Å²) in [7, 11) is 0. The molecule has 0 saturated carbocycles. The average molecular weight is 319 g/mol. The van der Waals surface area contributed by atoms with Crippen molar-refractivity contribution in [3.05, 3.63) is 40.3 Å². The number of hydrogen-bond donors (Lipinski definition) is 2. The maximum absolute atomic E-state index is 11.7. The minimum Gasteiger partial charge on any atom is -0.444 e. The Kier molecular flexibility index (Phi) is 5.03. The Morgan fingerprint density at radius 3 is 2.41 bits per heavy atom. The maximum atomic E-state index is 11.7. The smallest absolute Gasteiger partial charge is 0.412 e. The van der Waals surface area contributed by atoms with Crippen molar-refractivity contribution in [2.45, 2.75) is 39.8 Å². The lowest BCUT2D eigenvalue weighted by atomic mass is 10.2. The largest absolute Gasteiger partial charge is 0.444 e. The lowest BCUT2D eigenvalue weighted by Gasteiger charge is -2.19. The van der Waals surface area contributed by atoms with Crippen molar-refractivity contribution in [3.63, 3.8) is 0 Å². The van der Waals surface area contributed by atoms with Crippen LogP contribution in [0.3, 0.4) is 0 Å². The summed E-state index contributed by atoms with van der Waals surface area (Å²) in [6.45, 7) is 8.23. The summed E-state index contributed by atoms with van der Waals surface area (Å²) in [6, 6.07) is 7.51. The first-order valence-corrected chi connectivity index (χ1v) is 7.89. The van der Waals surface area contributed by atoms with Crippen molar-refractivity contribution in [3.8, 4) is 0 Å². The molecule has 0 fully saturated rings. The summed E-state index contributed by atoms with van der Waals surface area (Å²) >= 11 is 1.68. The number of aryl methyl sites for hydroxylation is 1. The van der Waals surface area contributed by atoms with Gasteiger partial charge in [0.15, 0.2) is 0 Å². The van der Waals surface area contributed by atoms with Crippen molar-refractivity contribution in [1.82, 2.24) is 4.98 Å². The molecule has 0 atom stereocenters. The molecule has 2 rings (SSSR count). The Bertz CT molecular complexity index is 630. The van der Waals surface area contributed by atoms with Crippen LogP contribution in [0, 0.1) is 6.92 Å². The van der Waals surface area contributed by atoms with E-state index in [1.807, 2.05) is 58.2 Å². The molecule has 0 radical (unpaired) electrons. The molecule has 1 aromatic heterocycles. The third-order valence-electron chi connectivity index (χ3n) is 2.67. The third kappa shape index (κ3) is 5.37. The molecule has 1 heterocycles. The average Bonchev–Trinajstić information content (AvgIpc) is 2.81. The van der Waals surface area contributed by atoms with Gasteiger partial charge in [0, 0.05) is 22.4 Å². The first kappa shape index (κ1) is 16.3. The van der Waals surface area contributed by atoms with Gasteiger partial charge in [-0.1, -0.05) is 0 Å². The minimum absolute atomic E-state index is 0.451. The van der Waals surface area contributed by atoms with Crippen molar-refractivity contribution in [1.29, 1.82) is 0 Å². The molecule has 0 aliphatic rings. The first-order chi connectivity index (χ1) is 10.3. The van der Waals surface area contributed by atoms with Crippen LogP contribution in [0.25, 0.3) is 0 Å². The van der Waals surface area contributed by atoms with Gasteiger partial charge in [0.05, 0.1) is 11.6 Å². The van der Waals surface area contributed by atoms with E-state index in [0.717, 1.165) is 17.2 Å². The summed E-state index contributed by atoms with van der Waals surface area (Å²) in [6.07, 6.45) is 1.43. The number of aromatic nitrogens is 1. The Morgan fingerprint density at radius 2 is 1.86 bits per heavy atom. The molecular weight excluding hydrogens is 298 g/mol. The molecule has 2 N–H and O–H groups in total. The van der Waals surface area contributed by atoms with E-state index in [2.05, 4.69) is 15.6 Å². The number of ether oxygens (including phenoxy) is 1. The number of nitrogens with zero attached hydrogens (tertiary/aromatic N) is 1. The van der Waals surface area contributed by atoms with E-state index in [9.17, 15) is 4.79 Å². The molecule has 118 valence electrons. The number of benzene rings is 1. The van der Waals surface area contributed by atoms with Crippen LogP contribution in [0.4, 0.5) is 16.2 Å². The van der Waals surface area contributed by atoms with E-state index in [1.54, 1.807) is 11.3 Å². The Labute approximate surface area is 134 Å². The lowest BCUT2D eigenvalue weighted by Crippen LogP contribution is -2.27. The number of amides is 1. The summed E-state index contributed by atoms with van der Waals surface area (Å²) in [4.78, 5) is 17.1. The van der Waals surface area contributed by atoms with Gasteiger partial charge in [-0.25, -0.2) is 9.78 Å². The summed E-state index contributed by atoms with van der Waals surface area (Å²) < 4.78 is 5.21. The van der Waals surface area contributed by atoms with Gasteiger partial charge < -0.3 is 10.1 Å². The van der Waals surface area contributed by atoms with Crippen LogP contribution in [-0.2, 0) is 11.3 Å². The van der Waals surface area contributed by atoms with Gasteiger partial charge in [0.2, 0.25) is 0 Å². The topological polar surface area (TPSA) is 63.2 Å². The van der Waals surface area contributed by atoms with Crippen molar-refractivity contribution >= 4 is 28.8 Å². The van der Waals surface area contributed by atoms with Gasteiger partial charge in [-0.15, -0.1) is 11.3 Å². The highest BCUT2D eigenvalue weighted by atomic mass is 32.1. The van der Waals surface area contributed by atoms with Gasteiger partial charge in [-0.3, -0.25) is 5.32 Å². The Morgan fingerprint density at radius 1 is 1.23 bits per heavy atom. The molecule has 1 aromatic carbocycles. The number of carbonyl (C=O) groups excluding carboxylic acids is 1. The molecular formula is C16H21N3O2S. The molecule has 0 aliphatic heterocycles. The van der Waals surface area contributed by atoms with E-state index in [4.69, 9.17) is 4.74 Å². The summed E-state index contributed by atoms with van der Waals surface area (Å²) in [5, 5.41) is 7.09. The lowest BCUT2D eigenvalue weighted by molar-refractivity contribution is 0.0636. The molecule has 22 heavy (non-hydrogen) atoms. The normalized spacial score (nSPS) is 11.1. The zero-order chi connectivity index (χ0) is 16.2. The van der Waals surface area contributed by atoms with Crippen LogP contribution >= 0.6 is 11.3 Å². The van der Waals surface area contributed by atoms with Gasteiger partial charge in [-0.2, -0.15) is 0 Å². The number of rotatable bonds is 4. The van der Waals surface area contributed by atoms with Gasteiger partial charge in [0.25, 0.3) is 0 Å². The van der Waals surface area contributed by atoms with Crippen molar-refractivity contribution in [2.75, 3.05) is 10.6 Å². The zero-order valence-corrected chi connectivity index (χ0v) is 14.1. The molecule has 1 amide bonds. The fourth-order valence-electron chi connectivity index (χ4n) is 1.77. The third-order valence-corrected chi connectivity index (χ3v) is 3.58. The summed E-state index contributed by atoms with van der Waals surface area (Å²) in [5.41, 5.74) is 1.19. The minimum atomic E-state index is -0.502. The standard InChI is InChI=1S/C16H21N3O2S/c1-11-17-9-14(22-11)10-18-12-5-7-13(8-6-12)19-15(20)21-16(2,3)4/h5-9,18H,10H2,1-4H3,(H,19,20). The molecule has 0 saturated heterocycles. The number of anilines is 2. The second kappa shape index (κ2) is 6.79. The molecule has 0 aliphatic carbocycles. The fourth-order valence-corrected chi connectivity index (χ4v) is 2.50. The highest BCUT2D eigenvalue weighted by Crippen LogP contribution is 2.17. The van der Waals surface area contributed by atoms with Gasteiger partial charge >= 0.3 is 6.09 Å². The van der Waals surface area contributed by atoms with Crippen molar-refractivity contribution < 1.29 is 9.53 Å². The molecule has 6 heteroatoms. The Hall–Kier alpha value is -2.08. The molecule has 5 nitrogen and oxygen atoms in total. The van der Waals surface area contributed by atoms with Crippen LogP contribution in [0.15, 0.2) is 30.5 Å². The predicted octanol–water partition coefficient (Wildman–Crippen LogP) is 4.41. The maximum Gasteiger partial charge on any atom is 0.412 e. The van der Waals surface area contributed by atoms with Crippen LogP contribution < -0.4 is 10.6 Å². The highest BCUT2D eigenvalue weighted by Gasteiger charge is 2.15. The molecule has 0 spiro atoms. The van der Waals surface area contributed by atoms with Crippen LogP contribution in [0.1, 0.15) is 30.7 Å². The quantitative estimate of drug-likeness (QED) is 0.876. The Balaban J connectivity index is 1.86. The monoisotopic (exact) mass is 319 g/mol. The van der Waals surface area contributed by atoms with Gasteiger partial charge in [-0.05, 0) is 52.0 Å². The van der Waals surface area contributed by atoms with Gasteiger partial charge in [0.1, 0.15) is 5.60 Å². The van der Waals surface area contributed by atoms with Crippen LogP contribution in [0.2, 0.25) is 0 Å². The molecule has 0 unspecified atom stereocenters. The first-order valence-electron chi connectivity index (χ1n) is 7.07.